The summed E-state index contributed by atoms with van der Waals surface area (Å²) in [6.45, 7) is 2.86. The summed E-state index contributed by atoms with van der Waals surface area (Å²) in [5.74, 6) is 0.558. The van der Waals surface area contributed by atoms with E-state index in [4.69, 9.17) is 14.6 Å². The molecule has 0 amide bonds. The average Bonchev–Trinajstić information content (AvgIpc) is 2.51. The zero-order valence-corrected chi connectivity index (χ0v) is 12.4. The van der Waals surface area contributed by atoms with Crippen LogP contribution in [0.4, 0.5) is 0 Å². The van der Waals surface area contributed by atoms with Crippen molar-refractivity contribution < 1.29 is 19.4 Å². The fourth-order valence-electron chi connectivity index (χ4n) is 1.91. The number of carboxylic acid groups (broad SMARTS) is 1. The van der Waals surface area contributed by atoms with Crippen molar-refractivity contribution in [2.45, 2.75) is 6.92 Å². The summed E-state index contributed by atoms with van der Waals surface area (Å²) in [5, 5.41) is 8.61. The van der Waals surface area contributed by atoms with Gasteiger partial charge in [0.25, 0.3) is 0 Å². The van der Waals surface area contributed by atoms with Crippen molar-refractivity contribution in [2.75, 3.05) is 13.2 Å². The van der Waals surface area contributed by atoms with E-state index in [2.05, 4.69) is 0 Å². The van der Waals surface area contributed by atoms with Gasteiger partial charge in [0.2, 0.25) is 0 Å². The molecule has 0 aliphatic rings. The SMILES string of the molecule is Cc1ccccc1OCCOc1cccc(C=CC(=O)O)c1. The molecule has 0 aromatic heterocycles. The quantitative estimate of drug-likeness (QED) is 0.627. The molecule has 2 rings (SSSR count). The molecule has 114 valence electrons. The molecular weight excluding hydrogens is 280 g/mol. The van der Waals surface area contributed by atoms with Crippen LogP contribution in [0, 0.1) is 6.92 Å². The third kappa shape index (κ3) is 4.98. The summed E-state index contributed by atoms with van der Waals surface area (Å²) in [6.07, 6.45) is 2.62. The molecule has 0 unspecified atom stereocenters. The summed E-state index contributed by atoms with van der Waals surface area (Å²) in [7, 11) is 0. The molecule has 0 radical (unpaired) electrons. The van der Waals surface area contributed by atoms with Gasteiger partial charge in [-0.05, 0) is 42.3 Å². The molecule has 4 heteroatoms. The van der Waals surface area contributed by atoms with Crippen LogP contribution in [0.5, 0.6) is 11.5 Å². The molecule has 0 spiro atoms. The number of aryl methyl sites for hydroxylation is 1. The Morgan fingerprint density at radius 1 is 1.09 bits per heavy atom. The Balaban J connectivity index is 1.83. The van der Waals surface area contributed by atoms with Crippen molar-refractivity contribution in [3.8, 4) is 11.5 Å². The summed E-state index contributed by atoms with van der Waals surface area (Å²) in [5.41, 5.74) is 1.86. The third-order valence-corrected chi connectivity index (χ3v) is 2.98. The topological polar surface area (TPSA) is 55.8 Å². The molecule has 0 heterocycles. The van der Waals surface area contributed by atoms with Gasteiger partial charge < -0.3 is 14.6 Å². The van der Waals surface area contributed by atoms with Gasteiger partial charge in [0, 0.05) is 6.08 Å². The fraction of sp³-hybridized carbons (Fsp3) is 0.167. The van der Waals surface area contributed by atoms with Crippen LogP contribution in [0.1, 0.15) is 11.1 Å². The lowest BCUT2D eigenvalue weighted by Gasteiger charge is -2.10. The van der Waals surface area contributed by atoms with Crippen LogP contribution in [0.15, 0.2) is 54.6 Å². The molecule has 2 aromatic carbocycles. The summed E-state index contributed by atoms with van der Waals surface area (Å²) < 4.78 is 11.3. The summed E-state index contributed by atoms with van der Waals surface area (Å²) >= 11 is 0. The molecular formula is C18H18O4. The molecule has 0 aliphatic heterocycles. The number of rotatable bonds is 7. The molecule has 0 saturated carbocycles. The van der Waals surface area contributed by atoms with Crippen LogP contribution in [0.25, 0.3) is 6.08 Å². The Morgan fingerprint density at radius 3 is 2.64 bits per heavy atom. The number of hydrogen-bond acceptors (Lipinski definition) is 3. The standard InChI is InChI=1S/C18H18O4/c1-14-5-2-3-8-17(14)22-12-11-21-16-7-4-6-15(13-16)9-10-18(19)20/h2-10,13H,11-12H2,1H3,(H,19,20). The van der Waals surface area contributed by atoms with Crippen molar-refractivity contribution in [2.24, 2.45) is 0 Å². The van der Waals surface area contributed by atoms with Gasteiger partial charge in [0.1, 0.15) is 24.7 Å². The highest BCUT2D eigenvalue weighted by Crippen LogP contribution is 2.17. The van der Waals surface area contributed by atoms with Crippen LogP contribution in [-0.2, 0) is 4.79 Å². The minimum Gasteiger partial charge on any atom is -0.490 e. The first-order valence-electron chi connectivity index (χ1n) is 6.97. The van der Waals surface area contributed by atoms with E-state index >= 15 is 0 Å². The zero-order chi connectivity index (χ0) is 15.8. The Hall–Kier alpha value is -2.75. The van der Waals surface area contributed by atoms with Crippen molar-refractivity contribution in [1.82, 2.24) is 0 Å². The highest BCUT2D eigenvalue weighted by Gasteiger charge is 1.99. The van der Waals surface area contributed by atoms with Gasteiger partial charge >= 0.3 is 5.97 Å². The number of carboxylic acids is 1. The summed E-state index contributed by atoms with van der Waals surface area (Å²) in [4.78, 5) is 10.5. The van der Waals surface area contributed by atoms with E-state index in [-0.39, 0.29) is 0 Å². The van der Waals surface area contributed by atoms with E-state index in [1.54, 1.807) is 6.07 Å². The fourth-order valence-corrected chi connectivity index (χ4v) is 1.91. The van der Waals surface area contributed by atoms with Gasteiger partial charge in [-0.15, -0.1) is 0 Å². The van der Waals surface area contributed by atoms with Crippen LogP contribution in [0.3, 0.4) is 0 Å². The van der Waals surface area contributed by atoms with E-state index in [1.807, 2.05) is 49.4 Å². The number of aliphatic carboxylic acids is 1. The first kappa shape index (κ1) is 15.6. The molecule has 0 atom stereocenters. The van der Waals surface area contributed by atoms with Crippen molar-refractivity contribution in [3.63, 3.8) is 0 Å². The minimum absolute atomic E-state index is 0.417. The van der Waals surface area contributed by atoms with Gasteiger partial charge in [0.05, 0.1) is 0 Å². The Kier molecular flexibility index (Phi) is 5.60. The molecule has 1 N–H and O–H groups in total. The number of hydrogen-bond donors (Lipinski definition) is 1. The maximum atomic E-state index is 10.5. The second kappa shape index (κ2) is 7.88. The third-order valence-electron chi connectivity index (χ3n) is 2.98. The second-order valence-electron chi connectivity index (χ2n) is 4.71. The average molecular weight is 298 g/mol. The highest BCUT2D eigenvalue weighted by molar-refractivity contribution is 5.85. The second-order valence-corrected chi connectivity index (χ2v) is 4.71. The predicted molar refractivity (Wildman–Crippen MR) is 85.3 cm³/mol. The maximum absolute atomic E-state index is 10.5. The lowest BCUT2D eigenvalue weighted by molar-refractivity contribution is -0.131. The van der Waals surface area contributed by atoms with E-state index in [1.165, 1.54) is 6.08 Å². The van der Waals surface area contributed by atoms with Gasteiger partial charge in [-0.25, -0.2) is 4.79 Å². The number of para-hydroxylation sites is 1. The predicted octanol–water partition coefficient (Wildman–Crippen LogP) is 3.55. The van der Waals surface area contributed by atoms with Crippen molar-refractivity contribution in [3.05, 3.63) is 65.7 Å². The van der Waals surface area contributed by atoms with Crippen LogP contribution >= 0.6 is 0 Å². The molecule has 0 fully saturated rings. The van der Waals surface area contributed by atoms with Crippen LogP contribution < -0.4 is 9.47 Å². The molecule has 2 aromatic rings. The monoisotopic (exact) mass is 298 g/mol. The van der Waals surface area contributed by atoms with Gasteiger partial charge in [-0.3, -0.25) is 0 Å². The highest BCUT2D eigenvalue weighted by atomic mass is 16.5. The van der Waals surface area contributed by atoms with Crippen molar-refractivity contribution in [1.29, 1.82) is 0 Å². The summed E-state index contributed by atoms with van der Waals surface area (Å²) in [6, 6.07) is 15.1. The van der Waals surface area contributed by atoms with E-state index in [0.717, 1.165) is 23.0 Å². The number of ether oxygens (including phenoxy) is 2. The van der Waals surface area contributed by atoms with Gasteiger partial charge in [0.15, 0.2) is 0 Å². The number of carbonyl (C=O) groups is 1. The largest absolute Gasteiger partial charge is 0.490 e. The maximum Gasteiger partial charge on any atom is 0.328 e. The van der Waals surface area contributed by atoms with Crippen LogP contribution in [0.2, 0.25) is 0 Å². The van der Waals surface area contributed by atoms with Gasteiger partial charge in [-0.2, -0.15) is 0 Å². The van der Waals surface area contributed by atoms with Crippen LogP contribution in [-0.4, -0.2) is 24.3 Å². The molecule has 0 bridgehead atoms. The lowest BCUT2D eigenvalue weighted by atomic mass is 10.2. The lowest BCUT2D eigenvalue weighted by Crippen LogP contribution is -2.09. The Morgan fingerprint density at radius 2 is 1.86 bits per heavy atom. The Bertz CT molecular complexity index is 662. The minimum atomic E-state index is -0.974. The first-order valence-corrected chi connectivity index (χ1v) is 6.97. The zero-order valence-electron chi connectivity index (χ0n) is 12.4. The number of benzene rings is 2. The van der Waals surface area contributed by atoms with Crippen molar-refractivity contribution >= 4 is 12.0 Å². The first-order chi connectivity index (χ1) is 10.6. The molecule has 4 nitrogen and oxygen atoms in total. The van der Waals surface area contributed by atoms with E-state index < -0.39 is 5.97 Å². The Labute approximate surface area is 129 Å². The molecule has 0 aliphatic carbocycles. The van der Waals surface area contributed by atoms with Gasteiger partial charge in [-0.1, -0.05) is 30.3 Å². The van der Waals surface area contributed by atoms with E-state index in [9.17, 15) is 4.79 Å². The smallest absolute Gasteiger partial charge is 0.328 e. The molecule has 22 heavy (non-hydrogen) atoms. The van der Waals surface area contributed by atoms with E-state index in [0.29, 0.717) is 19.0 Å². The molecule has 0 saturated heterocycles. The normalized spacial score (nSPS) is 10.6.